The maximum absolute atomic E-state index is 3.95. The Kier molecular flexibility index (Phi) is 16.6. The average Bonchev–Trinajstić information content (AvgIpc) is 2.66. The maximum atomic E-state index is 3.95. The van der Waals surface area contributed by atoms with Gasteiger partial charge in [0.05, 0.1) is 0 Å². The summed E-state index contributed by atoms with van der Waals surface area (Å²) in [5.41, 5.74) is 6.10. The van der Waals surface area contributed by atoms with Gasteiger partial charge in [0.15, 0.2) is 0 Å². The highest BCUT2D eigenvalue weighted by Crippen LogP contribution is 2.25. The Morgan fingerprint density at radius 3 is 1.93 bits per heavy atom. The fourth-order valence-corrected chi connectivity index (χ4v) is 3.57. The predicted molar refractivity (Wildman–Crippen MR) is 140 cm³/mol. The lowest BCUT2D eigenvalue weighted by Gasteiger charge is -2.17. The van der Waals surface area contributed by atoms with Crippen molar-refractivity contribution in [3.8, 4) is 0 Å². The van der Waals surface area contributed by atoms with Gasteiger partial charge in [-0.15, -0.1) is 6.58 Å². The average molecular weight is 413 g/mol. The van der Waals surface area contributed by atoms with Crippen LogP contribution in [0.1, 0.15) is 113 Å². The van der Waals surface area contributed by atoms with Crippen molar-refractivity contribution < 1.29 is 0 Å². The Balaban J connectivity index is 4.74. The van der Waals surface area contributed by atoms with Gasteiger partial charge >= 0.3 is 0 Å². The molecular formula is C30H52. The summed E-state index contributed by atoms with van der Waals surface area (Å²) in [6.07, 6.45) is 22.8. The first-order valence-corrected chi connectivity index (χ1v) is 12.4. The van der Waals surface area contributed by atoms with Gasteiger partial charge in [0.2, 0.25) is 0 Å². The normalized spacial score (nSPS) is 15.3. The Morgan fingerprint density at radius 2 is 1.37 bits per heavy atom. The molecule has 0 aliphatic rings. The zero-order valence-corrected chi connectivity index (χ0v) is 21.7. The summed E-state index contributed by atoms with van der Waals surface area (Å²) in [5.74, 6) is 2.06. The van der Waals surface area contributed by atoms with Gasteiger partial charge in [0.1, 0.15) is 0 Å². The molecule has 0 saturated carbocycles. The molecule has 2 atom stereocenters. The van der Waals surface area contributed by atoms with Gasteiger partial charge in [-0.2, -0.15) is 0 Å². The van der Waals surface area contributed by atoms with Crippen molar-refractivity contribution in [1.82, 2.24) is 0 Å². The minimum absolute atomic E-state index is 0.562. The molecule has 0 amide bonds. The Morgan fingerprint density at radius 1 is 0.767 bits per heavy atom. The second kappa shape index (κ2) is 17.4. The molecule has 0 saturated heterocycles. The van der Waals surface area contributed by atoms with Crippen LogP contribution in [0.4, 0.5) is 0 Å². The molecule has 0 aliphatic carbocycles. The van der Waals surface area contributed by atoms with Crippen molar-refractivity contribution in [3.05, 3.63) is 59.3 Å². The molecule has 0 heterocycles. The summed E-state index contributed by atoms with van der Waals surface area (Å²) < 4.78 is 0. The third kappa shape index (κ3) is 16.5. The van der Waals surface area contributed by atoms with E-state index in [9.17, 15) is 0 Å². The van der Waals surface area contributed by atoms with Gasteiger partial charge in [-0.3, -0.25) is 0 Å². The maximum Gasteiger partial charge on any atom is -0.0134 e. The highest BCUT2D eigenvalue weighted by molar-refractivity contribution is 5.15. The summed E-state index contributed by atoms with van der Waals surface area (Å²) in [4.78, 5) is 0. The van der Waals surface area contributed by atoms with Gasteiger partial charge in [-0.05, 0) is 90.4 Å². The lowest BCUT2D eigenvalue weighted by molar-refractivity contribution is 0.487. The van der Waals surface area contributed by atoms with Gasteiger partial charge < -0.3 is 0 Å². The van der Waals surface area contributed by atoms with E-state index in [4.69, 9.17) is 0 Å². The van der Waals surface area contributed by atoms with E-state index in [0.29, 0.717) is 11.8 Å². The van der Waals surface area contributed by atoms with Crippen molar-refractivity contribution in [2.24, 2.45) is 17.8 Å². The van der Waals surface area contributed by atoms with Gasteiger partial charge in [-0.25, -0.2) is 0 Å². The SMILES string of the molecule is C=CC(C)CC=C(C/C=C(/C)CC/C=C(\C)CCC=C(C)C)C(C)CCCC(C)C. The molecule has 30 heavy (non-hydrogen) atoms. The van der Waals surface area contributed by atoms with E-state index in [1.54, 1.807) is 5.57 Å². The highest BCUT2D eigenvalue weighted by Gasteiger charge is 2.09. The third-order valence-electron chi connectivity index (χ3n) is 6.01. The van der Waals surface area contributed by atoms with Crippen molar-refractivity contribution >= 4 is 0 Å². The van der Waals surface area contributed by atoms with Crippen LogP contribution in [-0.4, -0.2) is 0 Å². The Hall–Kier alpha value is -1.30. The zero-order chi connectivity index (χ0) is 22.9. The topological polar surface area (TPSA) is 0 Å². The molecule has 0 rings (SSSR count). The van der Waals surface area contributed by atoms with E-state index < -0.39 is 0 Å². The van der Waals surface area contributed by atoms with Gasteiger partial charge in [0.25, 0.3) is 0 Å². The van der Waals surface area contributed by atoms with Crippen molar-refractivity contribution in [2.45, 2.75) is 113 Å². The first-order valence-electron chi connectivity index (χ1n) is 12.4. The van der Waals surface area contributed by atoms with Gasteiger partial charge in [0, 0.05) is 0 Å². The van der Waals surface area contributed by atoms with Crippen LogP contribution in [0.2, 0.25) is 0 Å². The molecule has 0 fully saturated rings. The largest absolute Gasteiger partial charge is 0.103 e. The molecule has 2 unspecified atom stereocenters. The van der Waals surface area contributed by atoms with E-state index in [0.717, 1.165) is 18.8 Å². The summed E-state index contributed by atoms with van der Waals surface area (Å²) in [6.45, 7) is 22.2. The smallest absolute Gasteiger partial charge is 0.0134 e. The summed E-state index contributed by atoms with van der Waals surface area (Å²) in [6, 6.07) is 0. The standard InChI is InChI=1S/C30H52/c1-10-26(6)20-22-30(29(9)19-12-15-25(4)5)23-21-28(8)18-13-17-27(7)16-11-14-24(2)3/h10,14,17,21-22,25-26,29H,1,11-13,15-16,18-20,23H2,2-9H3/b27-17+,28-21-,30-22?. The van der Waals surface area contributed by atoms with E-state index in [2.05, 4.69) is 92.3 Å². The molecule has 0 bridgehead atoms. The fraction of sp³-hybridized carbons (Fsp3) is 0.667. The van der Waals surface area contributed by atoms with Gasteiger partial charge in [-0.1, -0.05) is 93.2 Å². The Bertz CT molecular complexity index is 575. The number of rotatable bonds is 16. The molecule has 0 spiro atoms. The van der Waals surface area contributed by atoms with Crippen molar-refractivity contribution in [2.75, 3.05) is 0 Å². The predicted octanol–water partition coefficient (Wildman–Crippen LogP) is 10.4. The number of allylic oxidation sites excluding steroid dienone is 9. The summed E-state index contributed by atoms with van der Waals surface area (Å²) >= 11 is 0. The molecule has 0 N–H and O–H groups in total. The minimum Gasteiger partial charge on any atom is -0.103 e. The summed E-state index contributed by atoms with van der Waals surface area (Å²) in [7, 11) is 0. The third-order valence-corrected chi connectivity index (χ3v) is 6.01. The lowest BCUT2D eigenvalue weighted by atomic mass is 9.89. The molecule has 0 aromatic carbocycles. The minimum atomic E-state index is 0.562. The fourth-order valence-electron chi connectivity index (χ4n) is 3.57. The van der Waals surface area contributed by atoms with Crippen LogP contribution in [0, 0.1) is 17.8 Å². The van der Waals surface area contributed by atoms with Crippen LogP contribution in [0.3, 0.4) is 0 Å². The first kappa shape index (κ1) is 28.7. The van der Waals surface area contributed by atoms with Crippen LogP contribution in [-0.2, 0) is 0 Å². The number of hydrogen-bond donors (Lipinski definition) is 0. The number of hydrogen-bond acceptors (Lipinski definition) is 0. The molecule has 0 nitrogen and oxygen atoms in total. The van der Waals surface area contributed by atoms with E-state index >= 15 is 0 Å². The summed E-state index contributed by atoms with van der Waals surface area (Å²) in [5, 5.41) is 0. The lowest BCUT2D eigenvalue weighted by Crippen LogP contribution is -2.02. The highest BCUT2D eigenvalue weighted by atomic mass is 14.1. The molecule has 0 radical (unpaired) electrons. The van der Waals surface area contributed by atoms with Crippen molar-refractivity contribution in [3.63, 3.8) is 0 Å². The monoisotopic (exact) mass is 412 g/mol. The van der Waals surface area contributed by atoms with E-state index in [1.807, 2.05) is 0 Å². The molecule has 0 aromatic rings. The molecule has 0 aliphatic heterocycles. The second-order valence-corrected chi connectivity index (χ2v) is 10.1. The first-order chi connectivity index (χ1) is 14.1. The zero-order valence-electron chi connectivity index (χ0n) is 21.7. The molecule has 172 valence electrons. The molecule has 0 heteroatoms. The van der Waals surface area contributed by atoms with Crippen LogP contribution in [0.15, 0.2) is 59.3 Å². The van der Waals surface area contributed by atoms with E-state index in [1.165, 1.54) is 61.7 Å². The van der Waals surface area contributed by atoms with Crippen molar-refractivity contribution in [1.29, 1.82) is 0 Å². The van der Waals surface area contributed by atoms with Crippen LogP contribution in [0.25, 0.3) is 0 Å². The van der Waals surface area contributed by atoms with E-state index in [-0.39, 0.29) is 0 Å². The quantitative estimate of drug-likeness (QED) is 0.221. The second-order valence-electron chi connectivity index (χ2n) is 10.1. The van der Waals surface area contributed by atoms with Crippen LogP contribution < -0.4 is 0 Å². The van der Waals surface area contributed by atoms with Crippen LogP contribution >= 0.6 is 0 Å². The van der Waals surface area contributed by atoms with Crippen LogP contribution in [0.5, 0.6) is 0 Å². The molecular weight excluding hydrogens is 360 g/mol. The molecule has 0 aromatic heterocycles. The Labute approximate surface area is 190 Å².